The van der Waals surface area contributed by atoms with Gasteiger partial charge in [0.05, 0.1) is 25.1 Å². The van der Waals surface area contributed by atoms with Crippen LogP contribution < -0.4 is 20.4 Å². The smallest absolute Gasteiger partial charge is 0.250 e. The number of phenolic OH excluding ortho intramolecular Hbond substituents is 1. The molecule has 1 aromatic heterocycles. The summed E-state index contributed by atoms with van der Waals surface area (Å²) in [5.41, 5.74) is 6.21. The predicted octanol–water partition coefficient (Wildman–Crippen LogP) is 6.56. The molecule has 1 aliphatic heterocycles. The van der Waals surface area contributed by atoms with E-state index in [1.54, 1.807) is 42.6 Å². The van der Waals surface area contributed by atoms with Crippen LogP contribution in [0.25, 0.3) is 0 Å². The van der Waals surface area contributed by atoms with Crippen LogP contribution in [0.15, 0.2) is 64.2 Å². The molecule has 4 aromatic rings. The SMILES string of the molecule is Cc1ccc(Nc2nc(N/N=C/c3ccc(OCc4ccc(Cl)cc4Cl)c(O)c3)nc(N3CCOCC3)n2)c(Br)c1. The first-order chi connectivity index (χ1) is 19.8. The minimum absolute atomic E-state index is 0.0380. The van der Waals surface area contributed by atoms with Crippen LogP contribution in [0.5, 0.6) is 11.5 Å². The van der Waals surface area contributed by atoms with E-state index in [9.17, 15) is 5.11 Å². The number of nitrogens with zero attached hydrogens (tertiary/aromatic N) is 5. The Bertz CT molecular complexity index is 1570. The number of aryl methyl sites for hydroxylation is 1. The average Bonchev–Trinajstić information content (AvgIpc) is 2.95. The lowest BCUT2D eigenvalue weighted by Gasteiger charge is -2.27. The van der Waals surface area contributed by atoms with Crippen molar-refractivity contribution >= 4 is 68.9 Å². The molecule has 0 spiro atoms. The molecule has 0 unspecified atom stereocenters. The van der Waals surface area contributed by atoms with Gasteiger partial charge in [0, 0.05) is 33.2 Å². The number of benzene rings is 3. The summed E-state index contributed by atoms with van der Waals surface area (Å²) in [6.07, 6.45) is 1.54. The number of aromatic nitrogens is 3. The van der Waals surface area contributed by atoms with E-state index in [0.29, 0.717) is 59.6 Å². The molecule has 3 aromatic carbocycles. The summed E-state index contributed by atoms with van der Waals surface area (Å²) in [5, 5.41) is 19.0. The summed E-state index contributed by atoms with van der Waals surface area (Å²) in [7, 11) is 0. The highest BCUT2D eigenvalue weighted by Gasteiger charge is 2.17. The van der Waals surface area contributed by atoms with E-state index in [1.165, 1.54) is 0 Å². The molecule has 1 aliphatic rings. The van der Waals surface area contributed by atoms with Crippen LogP contribution in [-0.2, 0) is 11.3 Å². The second-order valence-corrected chi connectivity index (χ2v) is 10.8. The zero-order valence-corrected chi connectivity index (χ0v) is 25.0. The minimum Gasteiger partial charge on any atom is -0.504 e. The monoisotopic (exact) mass is 657 g/mol. The number of morpholine rings is 1. The Balaban J connectivity index is 1.29. The topological polar surface area (TPSA) is 117 Å². The molecule has 2 heterocycles. The van der Waals surface area contributed by atoms with Crippen molar-refractivity contribution in [3.8, 4) is 11.5 Å². The van der Waals surface area contributed by atoms with E-state index < -0.39 is 0 Å². The van der Waals surface area contributed by atoms with Gasteiger partial charge in [0.25, 0.3) is 0 Å². The van der Waals surface area contributed by atoms with Crippen LogP contribution in [0.3, 0.4) is 0 Å². The van der Waals surface area contributed by atoms with Crippen LogP contribution in [0.4, 0.5) is 23.5 Å². The quantitative estimate of drug-likeness (QED) is 0.136. The molecule has 0 bridgehead atoms. The largest absolute Gasteiger partial charge is 0.504 e. The van der Waals surface area contributed by atoms with Gasteiger partial charge in [-0.15, -0.1) is 0 Å². The van der Waals surface area contributed by atoms with Crippen LogP contribution in [0.2, 0.25) is 10.0 Å². The fourth-order valence-electron chi connectivity index (χ4n) is 3.91. The van der Waals surface area contributed by atoms with Gasteiger partial charge in [-0.2, -0.15) is 20.1 Å². The van der Waals surface area contributed by atoms with Crippen LogP contribution in [0.1, 0.15) is 16.7 Å². The number of phenols is 1. The van der Waals surface area contributed by atoms with Gasteiger partial charge in [-0.25, -0.2) is 5.43 Å². The van der Waals surface area contributed by atoms with Crippen molar-refractivity contribution in [3.05, 3.63) is 85.8 Å². The van der Waals surface area contributed by atoms with Gasteiger partial charge in [0.1, 0.15) is 6.61 Å². The molecule has 0 saturated carbocycles. The molecule has 10 nitrogen and oxygen atoms in total. The normalized spacial score (nSPS) is 13.4. The predicted molar refractivity (Wildman–Crippen MR) is 165 cm³/mol. The molecular weight excluding hydrogens is 633 g/mol. The van der Waals surface area contributed by atoms with Gasteiger partial charge in [-0.1, -0.05) is 35.3 Å². The first-order valence-electron chi connectivity index (χ1n) is 12.6. The molecule has 1 fully saturated rings. The Morgan fingerprint density at radius 1 is 1.05 bits per heavy atom. The molecule has 0 atom stereocenters. The molecule has 212 valence electrons. The Hall–Kier alpha value is -3.64. The molecule has 0 aliphatic carbocycles. The molecule has 5 rings (SSSR count). The third-order valence-corrected chi connectivity index (χ3v) is 7.29. The van der Waals surface area contributed by atoms with Gasteiger partial charge in [-0.3, -0.25) is 0 Å². The zero-order chi connectivity index (χ0) is 28.8. The minimum atomic E-state index is -0.0380. The molecule has 1 saturated heterocycles. The highest BCUT2D eigenvalue weighted by atomic mass is 79.9. The number of rotatable bonds is 9. The highest BCUT2D eigenvalue weighted by Crippen LogP contribution is 2.29. The van der Waals surface area contributed by atoms with Gasteiger partial charge >= 0.3 is 0 Å². The summed E-state index contributed by atoms with van der Waals surface area (Å²) in [6, 6.07) is 16.1. The molecule has 0 amide bonds. The molecule has 41 heavy (non-hydrogen) atoms. The van der Waals surface area contributed by atoms with E-state index in [-0.39, 0.29) is 18.3 Å². The van der Waals surface area contributed by atoms with Crippen molar-refractivity contribution in [2.45, 2.75) is 13.5 Å². The first-order valence-corrected chi connectivity index (χ1v) is 14.2. The number of hydrazone groups is 1. The fraction of sp³-hybridized carbons (Fsp3) is 0.214. The van der Waals surface area contributed by atoms with E-state index in [0.717, 1.165) is 21.3 Å². The Kier molecular flexibility index (Phi) is 9.40. The Morgan fingerprint density at radius 3 is 2.61 bits per heavy atom. The van der Waals surface area contributed by atoms with Crippen LogP contribution >= 0.6 is 39.1 Å². The average molecular weight is 659 g/mol. The number of aromatic hydroxyl groups is 1. The van der Waals surface area contributed by atoms with E-state index in [2.05, 4.69) is 46.7 Å². The van der Waals surface area contributed by atoms with Gasteiger partial charge in [-0.05, 0) is 76.4 Å². The summed E-state index contributed by atoms with van der Waals surface area (Å²) < 4.78 is 12.1. The van der Waals surface area contributed by atoms with Crippen LogP contribution in [0, 0.1) is 6.92 Å². The molecule has 0 radical (unpaired) electrons. The molecular formula is C28H26BrCl2N7O3. The van der Waals surface area contributed by atoms with Gasteiger partial charge in [0.15, 0.2) is 11.5 Å². The zero-order valence-electron chi connectivity index (χ0n) is 21.9. The van der Waals surface area contributed by atoms with E-state index in [4.69, 9.17) is 32.7 Å². The highest BCUT2D eigenvalue weighted by molar-refractivity contribution is 9.10. The van der Waals surface area contributed by atoms with Crippen molar-refractivity contribution in [3.63, 3.8) is 0 Å². The number of hydrogen-bond donors (Lipinski definition) is 3. The maximum absolute atomic E-state index is 10.5. The number of anilines is 4. The third-order valence-electron chi connectivity index (χ3n) is 6.05. The van der Waals surface area contributed by atoms with Gasteiger partial charge < -0.3 is 24.8 Å². The third kappa shape index (κ3) is 7.76. The maximum Gasteiger partial charge on any atom is 0.250 e. The van der Waals surface area contributed by atoms with Gasteiger partial charge in [0.2, 0.25) is 17.8 Å². The van der Waals surface area contributed by atoms with Crippen molar-refractivity contribution in [1.82, 2.24) is 15.0 Å². The standard InChI is InChI=1S/C28H26BrCl2N7O3/c1-17-2-6-23(21(29)12-17)33-26-34-27(36-28(35-26)38-8-10-40-11-9-38)37-32-15-18-3-7-25(24(39)13-18)41-16-19-4-5-20(30)14-22(19)31/h2-7,12-15,39H,8-11,16H2,1H3,(H2,33,34,35,36,37)/b32-15+. The molecule has 3 N–H and O–H groups in total. The van der Waals surface area contributed by atoms with Crippen molar-refractivity contribution in [1.29, 1.82) is 0 Å². The number of ether oxygens (including phenoxy) is 2. The number of halogens is 3. The lowest BCUT2D eigenvalue weighted by Crippen LogP contribution is -2.37. The Morgan fingerprint density at radius 2 is 1.85 bits per heavy atom. The van der Waals surface area contributed by atoms with E-state index >= 15 is 0 Å². The van der Waals surface area contributed by atoms with Crippen molar-refractivity contribution < 1.29 is 14.6 Å². The van der Waals surface area contributed by atoms with Crippen molar-refractivity contribution in [2.24, 2.45) is 5.10 Å². The Labute approximate surface area is 255 Å². The summed E-state index contributed by atoms with van der Waals surface area (Å²) >= 11 is 15.7. The molecule has 13 heteroatoms. The first kappa shape index (κ1) is 28.9. The second-order valence-electron chi connectivity index (χ2n) is 9.11. The lowest BCUT2D eigenvalue weighted by molar-refractivity contribution is 0.122. The number of hydrogen-bond acceptors (Lipinski definition) is 10. The summed E-state index contributed by atoms with van der Waals surface area (Å²) in [4.78, 5) is 15.7. The summed E-state index contributed by atoms with van der Waals surface area (Å²) in [6.45, 7) is 4.71. The lowest BCUT2D eigenvalue weighted by atomic mass is 10.2. The second kappa shape index (κ2) is 13.3. The number of nitrogens with one attached hydrogen (secondary N) is 2. The van der Waals surface area contributed by atoms with Crippen LogP contribution in [-0.4, -0.2) is 52.6 Å². The summed E-state index contributed by atoms with van der Waals surface area (Å²) in [5.74, 6) is 1.40. The van der Waals surface area contributed by atoms with Crippen molar-refractivity contribution in [2.75, 3.05) is 41.9 Å². The maximum atomic E-state index is 10.5. The fourth-order valence-corrected chi connectivity index (χ4v) is 4.97. The van der Waals surface area contributed by atoms with E-state index in [1.807, 2.05) is 30.0 Å².